The number of rotatable bonds is 6. The summed E-state index contributed by atoms with van der Waals surface area (Å²) in [4.78, 5) is 0. The smallest absolute Gasteiger partial charge is 0.211 e. The standard InChI is InChI=1S/C14H28N2O2S.ClH/c1-14(2)8-4-9-15-13(14)11-16-19(17,18)10-7-12-5-3-6-12;/h12-13,15-16H,3-11H2,1-2H3;1H. The third-order valence-corrected chi connectivity index (χ3v) is 6.24. The minimum atomic E-state index is -3.09. The van der Waals surface area contributed by atoms with Crippen LogP contribution in [0.1, 0.15) is 52.4 Å². The molecule has 2 fully saturated rings. The molecule has 0 radical (unpaired) electrons. The number of sulfonamides is 1. The molecular formula is C14H29ClN2O2S. The zero-order chi connectivity index (χ0) is 13.9. The third kappa shape index (κ3) is 5.17. The Morgan fingerprint density at radius 3 is 2.50 bits per heavy atom. The second-order valence-corrected chi connectivity index (χ2v) is 8.78. The molecule has 6 heteroatoms. The highest BCUT2D eigenvalue weighted by Crippen LogP contribution is 2.30. The number of hydrogen-bond donors (Lipinski definition) is 2. The minimum Gasteiger partial charge on any atom is -0.312 e. The summed E-state index contributed by atoms with van der Waals surface area (Å²) in [6.07, 6.45) is 6.88. The summed E-state index contributed by atoms with van der Waals surface area (Å²) >= 11 is 0. The topological polar surface area (TPSA) is 58.2 Å². The molecule has 2 rings (SSSR count). The molecule has 1 saturated heterocycles. The van der Waals surface area contributed by atoms with Gasteiger partial charge in [0.1, 0.15) is 0 Å². The third-order valence-electron chi connectivity index (χ3n) is 4.86. The first-order valence-electron chi connectivity index (χ1n) is 7.60. The monoisotopic (exact) mass is 324 g/mol. The zero-order valence-electron chi connectivity index (χ0n) is 12.7. The van der Waals surface area contributed by atoms with E-state index in [1.165, 1.54) is 25.7 Å². The lowest BCUT2D eigenvalue weighted by molar-refractivity contribution is 0.181. The Labute approximate surface area is 129 Å². The van der Waals surface area contributed by atoms with Crippen molar-refractivity contribution in [3.8, 4) is 0 Å². The van der Waals surface area contributed by atoms with Gasteiger partial charge in [0, 0.05) is 12.6 Å². The highest BCUT2D eigenvalue weighted by molar-refractivity contribution is 7.89. The van der Waals surface area contributed by atoms with E-state index < -0.39 is 10.0 Å². The van der Waals surface area contributed by atoms with E-state index in [4.69, 9.17) is 0 Å². The van der Waals surface area contributed by atoms with Crippen LogP contribution in [0.15, 0.2) is 0 Å². The highest BCUT2D eigenvalue weighted by atomic mass is 35.5. The van der Waals surface area contributed by atoms with Crippen molar-refractivity contribution in [2.45, 2.75) is 58.4 Å². The molecule has 1 aliphatic heterocycles. The normalized spacial score (nSPS) is 26.6. The molecule has 1 heterocycles. The van der Waals surface area contributed by atoms with E-state index in [1.54, 1.807) is 0 Å². The van der Waals surface area contributed by atoms with E-state index in [1.807, 2.05) is 0 Å². The van der Waals surface area contributed by atoms with Crippen molar-refractivity contribution < 1.29 is 8.42 Å². The van der Waals surface area contributed by atoms with E-state index in [2.05, 4.69) is 23.9 Å². The predicted octanol–water partition coefficient (Wildman–Crippen LogP) is 2.30. The Bertz CT molecular complexity index is 394. The Balaban J connectivity index is 0.00000200. The summed E-state index contributed by atoms with van der Waals surface area (Å²) in [6, 6.07) is 0.250. The van der Waals surface area contributed by atoms with Gasteiger partial charge in [-0.1, -0.05) is 33.1 Å². The lowest BCUT2D eigenvalue weighted by Gasteiger charge is -2.39. The van der Waals surface area contributed by atoms with Gasteiger partial charge in [-0.2, -0.15) is 0 Å². The predicted molar refractivity (Wildman–Crippen MR) is 85.8 cm³/mol. The van der Waals surface area contributed by atoms with E-state index >= 15 is 0 Å². The summed E-state index contributed by atoms with van der Waals surface area (Å²) in [7, 11) is -3.09. The fraction of sp³-hybridized carbons (Fsp3) is 1.00. The molecule has 0 aromatic heterocycles. The van der Waals surface area contributed by atoms with Crippen molar-refractivity contribution in [1.29, 1.82) is 0 Å². The fourth-order valence-corrected chi connectivity index (χ4v) is 4.21. The molecule has 20 heavy (non-hydrogen) atoms. The van der Waals surface area contributed by atoms with Gasteiger partial charge in [0.05, 0.1) is 5.75 Å². The van der Waals surface area contributed by atoms with Crippen molar-refractivity contribution in [3.63, 3.8) is 0 Å². The van der Waals surface area contributed by atoms with Gasteiger partial charge in [-0.15, -0.1) is 12.4 Å². The molecule has 1 aliphatic carbocycles. The van der Waals surface area contributed by atoms with Crippen molar-refractivity contribution in [2.24, 2.45) is 11.3 Å². The largest absolute Gasteiger partial charge is 0.312 e. The van der Waals surface area contributed by atoms with Crippen molar-refractivity contribution >= 4 is 22.4 Å². The van der Waals surface area contributed by atoms with Crippen LogP contribution in [0.3, 0.4) is 0 Å². The van der Waals surface area contributed by atoms with Crippen LogP contribution in [-0.2, 0) is 10.0 Å². The van der Waals surface area contributed by atoms with Crippen LogP contribution in [0, 0.1) is 11.3 Å². The summed E-state index contributed by atoms with van der Waals surface area (Å²) in [5.74, 6) is 0.950. The van der Waals surface area contributed by atoms with Gasteiger partial charge >= 0.3 is 0 Å². The molecule has 0 aromatic carbocycles. The molecule has 2 aliphatic rings. The van der Waals surface area contributed by atoms with Crippen LogP contribution in [-0.4, -0.2) is 33.3 Å². The van der Waals surface area contributed by atoms with Crippen LogP contribution in [0.2, 0.25) is 0 Å². The first kappa shape index (κ1) is 18.2. The summed E-state index contributed by atoms with van der Waals surface area (Å²) in [6.45, 7) is 5.96. The SMILES string of the molecule is CC1(C)CCCNC1CNS(=O)(=O)CCC1CCC1.Cl. The molecule has 0 amide bonds. The van der Waals surface area contributed by atoms with Crippen LogP contribution in [0.5, 0.6) is 0 Å². The lowest BCUT2D eigenvalue weighted by Crippen LogP contribution is -2.53. The van der Waals surface area contributed by atoms with Gasteiger partial charge in [0.15, 0.2) is 0 Å². The second kappa shape index (κ2) is 7.43. The van der Waals surface area contributed by atoms with Crippen LogP contribution in [0.4, 0.5) is 0 Å². The first-order chi connectivity index (χ1) is 8.89. The summed E-state index contributed by atoms with van der Waals surface area (Å²) < 4.78 is 26.8. The molecule has 1 saturated carbocycles. The maximum atomic E-state index is 12.0. The summed E-state index contributed by atoms with van der Waals surface area (Å²) in [5, 5.41) is 3.44. The minimum absolute atomic E-state index is 0. The average Bonchev–Trinajstić information content (AvgIpc) is 2.24. The molecule has 0 spiro atoms. The number of halogens is 1. The second-order valence-electron chi connectivity index (χ2n) is 6.85. The van der Waals surface area contributed by atoms with Crippen LogP contribution in [0.25, 0.3) is 0 Å². The molecule has 0 aromatic rings. The molecule has 1 unspecified atom stereocenters. The maximum absolute atomic E-state index is 12.0. The molecule has 120 valence electrons. The molecule has 1 atom stereocenters. The first-order valence-corrected chi connectivity index (χ1v) is 9.25. The van der Waals surface area contributed by atoms with Crippen molar-refractivity contribution in [1.82, 2.24) is 10.0 Å². The molecule has 2 N–H and O–H groups in total. The van der Waals surface area contributed by atoms with Gasteiger partial charge in [-0.05, 0) is 37.1 Å². The number of nitrogens with one attached hydrogen (secondary N) is 2. The highest BCUT2D eigenvalue weighted by Gasteiger charge is 2.32. The van der Waals surface area contributed by atoms with E-state index in [-0.39, 0.29) is 23.9 Å². The Hall–Kier alpha value is 0.160. The van der Waals surface area contributed by atoms with Crippen molar-refractivity contribution in [3.05, 3.63) is 0 Å². The zero-order valence-corrected chi connectivity index (χ0v) is 14.3. The molecular weight excluding hydrogens is 296 g/mol. The van der Waals surface area contributed by atoms with E-state index in [9.17, 15) is 8.42 Å². The number of piperidine rings is 1. The Kier molecular flexibility index (Phi) is 6.77. The van der Waals surface area contributed by atoms with E-state index in [0.717, 1.165) is 19.4 Å². The fourth-order valence-electron chi connectivity index (χ4n) is 3.01. The van der Waals surface area contributed by atoms with Gasteiger partial charge < -0.3 is 5.32 Å². The average molecular weight is 325 g/mol. The Morgan fingerprint density at radius 2 is 1.95 bits per heavy atom. The molecule has 4 nitrogen and oxygen atoms in total. The maximum Gasteiger partial charge on any atom is 0.211 e. The van der Waals surface area contributed by atoms with Gasteiger partial charge in [0.25, 0.3) is 0 Å². The van der Waals surface area contributed by atoms with Gasteiger partial charge in [-0.3, -0.25) is 0 Å². The van der Waals surface area contributed by atoms with Crippen LogP contribution >= 0.6 is 12.4 Å². The van der Waals surface area contributed by atoms with Crippen molar-refractivity contribution in [2.75, 3.05) is 18.8 Å². The number of hydrogen-bond acceptors (Lipinski definition) is 3. The van der Waals surface area contributed by atoms with Gasteiger partial charge in [-0.25, -0.2) is 13.1 Å². The Morgan fingerprint density at radius 1 is 1.25 bits per heavy atom. The van der Waals surface area contributed by atoms with E-state index in [0.29, 0.717) is 18.2 Å². The quantitative estimate of drug-likeness (QED) is 0.788. The summed E-state index contributed by atoms with van der Waals surface area (Å²) in [5.41, 5.74) is 0.175. The lowest BCUT2D eigenvalue weighted by atomic mass is 9.78. The van der Waals surface area contributed by atoms with Crippen LogP contribution < -0.4 is 10.0 Å². The van der Waals surface area contributed by atoms with Gasteiger partial charge in [0.2, 0.25) is 10.0 Å². The molecule has 0 bridgehead atoms.